The van der Waals surface area contributed by atoms with E-state index in [0.717, 1.165) is 12.8 Å². The first-order chi connectivity index (χ1) is 9.77. The molecule has 120 valence electrons. The minimum atomic E-state index is -3.10. The van der Waals surface area contributed by atoms with Crippen molar-refractivity contribution in [3.8, 4) is 6.07 Å². The lowest BCUT2D eigenvalue weighted by Crippen LogP contribution is -2.59. The van der Waals surface area contributed by atoms with Gasteiger partial charge in [-0.05, 0) is 32.6 Å². The molecular formula is C14H26N4O2S. The Hall–Kier alpha value is -0.680. The molecule has 0 aromatic carbocycles. The molecule has 2 aliphatic rings. The zero-order chi connectivity index (χ0) is 15.7. The molecule has 1 unspecified atom stereocenters. The Kier molecular flexibility index (Phi) is 4.93. The topological polar surface area (TPSA) is 76.4 Å². The van der Waals surface area contributed by atoms with Gasteiger partial charge in [0, 0.05) is 38.8 Å². The molecule has 0 aromatic heterocycles. The maximum atomic E-state index is 11.5. The zero-order valence-electron chi connectivity index (χ0n) is 13.2. The second kappa shape index (κ2) is 6.21. The fraction of sp³-hybridized carbons (Fsp3) is 0.929. The molecule has 7 heteroatoms. The van der Waals surface area contributed by atoms with Crippen LogP contribution in [0, 0.1) is 17.2 Å². The van der Waals surface area contributed by atoms with Crippen molar-refractivity contribution in [3.63, 3.8) is 0 Å². The van der Waals surface area contributed by atoms with Crippen molar-refractivity contribution in [2.45, 2.75) is 38.3 Å². The highest BCUT2D eigenvalue weighted by Gasteiger charge is 2.47. The molecule has 0 bridgehead atoms. The lowest BCUT2D eigenvalue weighted by atomic mass is 9.92. The van der Waals surface area contributed by atoms with E-state index in [1.165, 1.54) is 10.6 Å². The zero-order valence-corrected chi connectivity index (χ0v) is 14.0. The van der Waals surface area contributed by atoms with Crippen molar-refractivity contribution in [2.24, 2.45) is 5.92 Å². The predicted molar refractivity (Wildman–Crippen MR) is 82.2 cm³/mol. The molecule has 0 amide bonds. The maximum Gasteiger partial charge on any atom is 0.211 e. The summed E-state index contributed by atoms with van der Waals surface area (Å²) in [6.45, 7) is 7.25. The standard InChI is InChI=1S/C14H26N4O2S/c1-12(2)16-14(10-15,13-4-5-13)11-17-6-8-18(9-7-17)21(3,19)20/h12-13,16H,4-9,11H2,1-3H3. The van der Waals surface area contributed by atoms with Crippen LogP contribution in [0.3, 0.4) is 0 Å². The van der Waals surface area contributed by atoms with Crippen LogP contribution in [0.4, 0.5) is 0 Å². The van der Waals surface area contributed by atoms with E-state index >= 15 is 0 Å². The van der Waals surface area contributed by atoms with Crippen LogP contribution >= 0.6 is 0 Å². The van der Waals surface area contributed by atoms with Gasteiger partial charge in [0.1, 0.15) is 5.54 Å². The lowest BCUT2D eigenvalue weighted by molar-refractivity contribution is 0.142. The van der Waals surface area contributed by atoms with Crippen LogP contribution in [0.1, 0.15) is 26.7 Å². The highest BCUT2D eigenvalue weighted by molar-refractivity contribution is 7.88. The summed E-state index contributed by atoms with van der Waals surface area (Å²) in [5.74, 6) is 0.429. The van der Waals surface area contributed by atoms with Gasteiger partial charge in [0.15, 0.2) is 0 Å². The van der Waals surface area contributed by atoms with Crippen LogP contribution in [0.15, 0.2) is 0 Å². The first kappa shape index (κ1) is 16.7. The van der Waals surface area contributed by atoms with Crippen molar-refractivity contribution < 1.29 is 8.42 Å². The van der Waals surface area contributed by atoms with Gasteiger partial charge in [0.2, 0.25) is 10.0 Å². The number of hydrogen-bond acceptors (Lipinski definition) is 5. The van der Waals surface area contributed by atoms with Gasteiger partial charge in [-0.1, -0.05) is 0 Å². The molecule has 1 saturated carbocycles. The number of nitrogens with one attached hydrogen (secondary N) is 1. The molecule has 1 N–H and O–H groups in total. The van der Waals surface area contributed by atoms with E-state index in [9.17, 15) is 13.7 Å². The Balaban J connectivity index is 1.98. The number of piperazine rings is 1. The SMILES string of the molecule is CC(C)NC(C#N)(CN1CCN(S(C)(=O)=O)CC1)C1CC1. The van der Waals surface area contributed by atoms with Crippen molar-refractivity contribution in [1.82, 2.24) is 14.5 Å². The summed E-state index contributed by atoms with van der Waals surface area (Å²) in [7, 11) is -3.10. The molecule has 1 aliphatic heterocycles. The fourth-order valence-corrected chi connectivity index (χ4v) is 3.94. The van der Waals surface area contributed by atoms with Crippen LogP contribution in [0.25, 0.3) is 0 Å². The van der Waals surface area contributed by atoms with Crippen molar-refractivity contribution >= 4 is 10.0 Å². The van der Waals surface area contributed by atoms with Gasteiger partial charge >= 0.3 is 0 Å². The van der Waals surface area contributed by atoms with Crippen LogP contribution in [-0.2, 0) is 10.0 Å². The molecule has 0 aromatic rings. The third-order valence-corrected chi connectivity index (χ3v) is 5.60. The van der Waals surface area contributed by atoms with Crippen molar-refractivity contribution in [2.75, 3.05) is 39.0 Å². The highest BCUT2D eigenvalue weighted by atomic mass is 32.2. The van der Waals surface area contributed by atoms with Gasteiger partial charge in [-0.3, -0.25) is 10.2 Å². The number of hydrogen-bond donors (Lipinski definition) is 1. The Morgan fingerprint density at radius 2 is 1.86 bits per heavy atom. The largest absolute Gasteiger partial charge is 0.298 e. The molecule has 0 spiro atoms. The Bertz CT molecular complexity index is 502. The maximum absolute atomic E-state index is 11.5. The molecule has 1 saturated heterocycles. The van der Waals surface area contributed by atoms with E-state index in [0.29, 0.717) is 38.6 Å². The Labute approximate surface area is 128 Å². The molecule has 0 radical (unpaired) electrons. The Morgan fingerprint density at radius 1 is 1.29 bits per heavy atom. The van der Waals surface area contributed by atoms with Crippen molar-refractivity contribution in [1.29, 1.82) is 5.26 Å². The van der Waals surface area contributed by atoms with Crippen LogP contribution in [-0.4, -0.2) is 68.2 Å². The number of nitriles is 1. The summed E-state index contributed by atoms with van der Waals surface area (Å²) in [4.78, 5) is 2.22. The quantitative estimate of drug-likeness (QED) is 0.760. The number of rotatable bonds is 6. The second-order valence-electron chi connectivity index (χ2n) is 6.59. The Morgan fingerprint density at radius 3 is 2.24 bits per heavy atom. The molecule has 2 fully saturated rings. The van der Waals surface area contributed by atoms with E-state index in [1.54, 1.807) is 0 Å². The first-order valence-electron chi connectivity index (χ1n) is 7.63. The van der Waals surface area contributed by atoms with E-state index in [4.69, 9.17) is 0 Å². The summed E-state index contributed by atoms with van der Waals surface area (Å²) in [5, 5.41) is 13.2. The molecule has 21 heavy (non-hydrogen) atoms. The average Bonchev–Trinajstić information content (AvgIpc) is 3.21. The van der Waals surface area contributed by atoms with E-state index in [2.05, 4.69) is 30.1 Å². The van der Waals surface area contributed by atoms with Crippen LogP contribution in [0.5, 0.6) is 0 Å². The van der Waals surface area contributed by atoms with Gasteiger partial charge in [0.05, 0.1) is 12.3 Å². The third kappa shape index (κ3) is 4.16. The monoisotopic (exact) mass is 314 g/mol. The van der Waals surface area contributed by atoms with Crippen LogP contribution in [0.2, 0.25) is 0 Å². The third-order valence-electron chi connectivity index (χ3n) is 4.29. The highest BCUT2D eigenvalue weighted by Crippen LogP contribution is 2.40. The molecule has 1 atom stereocenters. The first-order valence-corrected chi connectivity index (χ1v) is 9.48. The summed E-state index contributed by atoms with van der Waals surface area (Å²) in [6, 6.07) is 2.78. The fourth-order valence-electron chi connectivity index (χ4n) is 3.11. The molecule has 2 rings (SSSR count). The van der Waals surface area contributed by atoms with E-state index < -0.39 is 15.6 Å². The minimum Gasteiger partial charge on any atom is -0.298 e. The average molecular weight is 314 g/mol. The number of nitrogens with zero attached hydrogens (tertiary/aromatic N) is 3. The van der Waals surface area contributed by atoms with Gasteiger partial charge in [-0.15, -0.1) is 0 Å². The smallest absolute Gasteiger partial charge is 0.211 e. The van der Waals surface area contributed by atoms with E-state index in [-0.39, 0.29) is 6.04 Å². The minimum absolute atomic E-state index is 0.266. The molecule has 6 nitrogen and oxygen atoms in total. The van der Waals surface area contributed by atoms with Gasteiger partial charge in [-0.2, -0.15) is 9.57 Å². The molecular weight excluding hydrogens is 288 g/mol. The van der Waals surface area contributed by atoms with Gasteiger partial charge in [-0.25, -0.2) is 8.42 Å². The summed E-state index contributed by atoms with van der Waals surface area (Å²) >= 11 is 0. The lowest BCUT2D eigenvalue weighted by Gasteiger charge is -2.39. The summed E-state index contributed by atoms with van der Waals surface area (Å²) in [6.07, 6.45) is 3.47. The summed E-state index contributed by atoms with van der Waals surface area (Å²) < 4.78 is 24.6. The van der Waals surface area contributed by atoms with Gasteiger partial charge in [0.25, 0.3) is 0 Å². The second-order valence-corrected chi connectivity index (χ2v) is 8.58. The molecule has 1 heterocycles. The van der Waals surface area contributed by atoms with Crippen LogP contribution < -0.4 is 5.32 Å². The number of sulfonamides is 1. The van der Waals surface area contributed by atoms with Gasteiger partial charge < -0.3 is 0 Å². The normalized spacial score (nSPS) is 24.7. The predicted octanol–water partition coefficient (Wildman–Crippen LogP) is 0.234. The van der Waals surface area contributed by atoms with Crippen molar-refractivity contribution in [3.05, 3.63) is 0 Å². The summed E-state index contributed by atoms with van der Waals surface area (Å²) in [5.41, 5.74) is -0.485. The molecule has 1 aliphatic carbocycles. The van der Waals surface area contributed by atoms with E-state index in [1.807, 2.05) is 0 Å².